The van der Waals surface area contributed by atoms with Crippen molar-refractivity contribution in [3.8, 4) is 0 Å². The van der Waals surface area contributed by atoms with E-state index in [1.54, 1.807) is 24.3 Å². The molecule has 0 bridgehead atoms. The van der Waals surface area contributed by atoms with E-state index in [-0.39, 0.29) is 48.4 Å². The molecule has 4 amide bonds. The van der Waals surface area contributed by atoms with Gasteiger partial charge in [-0.25, -0.2) is 14.0 Å². The topological polar surface area (TPSA) is 108 Å². The molecule has 1 saturated carbocycles. The van der Waals surface area contributed by atoms with Gasteiger partial charge in [0, 0.05) is 19.0 Å². The minimum absolute atomic E-state index is 0.0426. The number of amides is 4. The summed E-state index contributed by atoms with van der Waals surface area (Å²) in [5.41, 5.74) is 0.829. The Morgan fingerprint density at radius 2 is 1.89 bits per heavy atom. The molecule has 1 aromatic rings. The molecule has 37 heavy (non-hydrogen) atoms. The smallest absolute Gasteiger partial charge is 0.411 e. The van der Waals surface area contributed by atoms with Crippen molar-refractivity contribution in [1.29, 1.82) is 0 Å². The minimum atomic E-state index is -0.960. The molecule has 1 unspecified atom stereocenters. The predicted molar refractivity (Wildman–Crippen MR) is 132 cm³/mol. The molecule has 2 aliphatic carbocycles. The Bertz CT molecular complexity index is 1200. The quantitative estimate of drug-likeness (QED) is 0.633. The van der Waals surface area contributed by atoms with E-state index in [4.69, 9.17) is 4.74 Å². The van der Waals surface area contributed by atoms with Crippen LogP contribution in [0.4, 0.5) is 14.0 Å². The third-order valence-electron chi connectivity index (χ3n) is 8.05. The number of urea groups is 1. The summed E-state index contributed by atoms with van der Waals surface area (Å²) in [7, 11) is 1.47. The van der Waals surface area contributed by atoms with E-state index in [2.05, 4.69) is 10.6 Å². The van der Waals surface area contributed by atoms with Gasteiger partial charge in [-0.15, -0.1) is 0 Å². The van der Waals surface area contributed by atoms with Crippen molar-refractivity contribution < 1.29 is 28.3 Å². The van der Waals surface area contributed by atoms with Crippen molar-refractivity contribution in [3.05, 3.63) is 59.1 Å². The third kappa shape index (κ3) is 4.38. The maximum absolute atomic E-state index is 13.6. The second-order valence-corrected chi connectivity index (χ2v) is 10.1. The van der Waals surface area contributed by atoms with Crippen molar-refractivity contribution >= 4 is 23.8 Å². The molecule has 4 atom stereocenters. The summed E-state index contributed by atoms with van der Waals surface area (Å²) >= 11 is 0. The number of allylic oxidation sites excluding steroid dienone is 3. The molecule has 5 rings (SSSR count). The first-order valence-corrected chi connectivity index (χ1v) is 12.8. The minimum Gasteiger partial charge on any atom is -0.436 e. The Kier molecular flexibility index (Phi) is 6.51. The number of hydrogen-bond donors (Lipinski definition) is 2. The summed E-state index contributed by atoms with van der Waals surface area (Å²) in [4.78, 5) is 54.4. The summed E-state index contributed by atoms with van der Waals surface area (Å²) in [5, 5.41) is 4.97. The molecule has 2 N–H and O–H groups in total. The van der Waals surface area contributed by atoms with Crippen molar-refractivity contribution in [2.45, 2.75) is 56.7 Å². The fraction of sp³-hybridized carbons (Fsp3) is 0.481. The van der Waals surface area contributed by atoms with Gasteiger partial charge in [0.05, 0.1) is 18.3 Å². The average molecular weight is 511 g/mol. The van der Waals surface area contributed by atoms with Crippen LogP contribution in [0.15, 0.2) is 47.7 Å². The van der Waals surface area contributed by atoms with Crippen molar-refractivity contribution in [3.63, 3.8) is 0 Å². The number of halogens is 1. The molecule has 2 heterocycles. The van der Waals surface area contributed by atoms with Gasteiger partial charge >= 0.3 is 12.1 Å². The first-order valence-electron chi connectivity index (χ1n) is 12.8. The SMILES string of the molecule is CC[C@H]1CC[C@@H](c2ccc(F)cc2)N1C(=O)CN1C[C@]2(CCC3C(=O)C(NC(=O)NC)=CC=C32)OC1=O. The fourth-order valence-corrected chi connectivity index (χ4v) is 6.22. The summed E-state index contributed by atoms with van der Waals surface area (Å²) in [6.07, 6.45) is 6.07. The number of Topliss-reactive ketones (excluding diaryl/α,β-unsaturated/α-hetero) is 1. The molecular formula is C27H31FN4O5. The predicted octanol–water partition coefficient (Wildman–Crippen LogP) is 3.19. The van der Waals surface area contributed by atoms with Crippen LogP contribution >= 0.6 is 0 Å². The van der Waals surface area contributed by atoms with Gasteiger partial charge < -0.3 is 20.3 Å². The highest BCUT2D eigenvalue weighted by Gasteiger charge is 2.56. The highest BCUT2D eigenvalue weighted by Crippen LogP contribution is 2.48. The van der Waals surface area contributed by atoms with Gasteiger partial charge in [0.1, 0.15) is 12.4 Å². The highest BCUT2D eigenvalue weighted by molar-refractivity contribution is 6.03. The van der Waals surface area contributed by atoms with Crippen LogP contribution in [0.2, 0.25) is 0 Å². The third-order valence-corrected chi connectivity index (χ3v) is 8.05. The Morgan fingerprint density at radius 3 is 2.59 bits per heavy atom. The van der Waals surface area contributed by atoms with Gasteiger partial charge in [-0.1, -0.05) is 25.1 Å². The summed E-state index contributed by atoms with van der Waals surface area (Å²) in [6, 6.07) is 5.62. The Labute approximate surface area is 214 Å². The molecule has 2 saturated heterocycles. The molecular weight excluding hydrogens is 479 g/mol. The van der Waals surface area contributed by atoms with Crippen LogP contribution in [-0.4, -0.2) is 65.4 Å². The lowest BCUT2D eigenvalue weighted by Gasteiger charge is -2.32. The number of hydrogen-bond acceptors (Lipinski definition) is 5. The van der Waals surface area contributed by atoms with E-state index >= 15 is 0 Å². The maximum Gasteiger partial charge on any atom is 0.411 e. The lowest BCUT2D eigenvalue weighted by atomic mass is 9.85. The number of nitrogens with zero attached hydrogens (tertiary/aromatic N) is 2. The number of ketones is 1. The average Bonchev–Trinajstić information content (AvgIpc) is 3.56. The summed E-state index contributed by atoms with van der Waals surface area (Å²) in [6.45, 7) is 2.09. The van der Waals surface area contributed by atoms with E-state index in [1.165, 1.54) is 24.1 Å². The number of ether oxygens (including phenoxy) is 1. The van der Waals surface area contributed by atoms with Crippen molar-refractivity contribution in [1.82, 2.24) is 20.4 Å². The molecule has 1 spiro atoms. The van der Waals surface area contributed by atoms with Crippen LogP contribution in [0.1, 0.15) is 50.6 Å². The molecule has 0 aromatic heterocycles. The van der Waals surface area contributed by atoms with Crippen molar-refractivity contribution in [2.75, 3.05) is 20.1 Å². The van der Waals surface area contributed by atoms with Crippen LogP contribution in [0.3, 0.4) is 0 Å². The van der Waals surface area contributed by atoms with Crippen LogP contribution in [0, 0.1) is 11.7 Å². The van der Waals surface area contributed by atoms with Gasteiger partial charge in [-0.3, -0.25) is 14.5 Å². The van der Waals surface area contributed by atoms with Gasteiger partial charge in [0.25, 0.3) is 0 Å². The van der Waals surface area contributed by atoms with Gasteiger partial charge in [-0.05, 0) is 61.4 Å². The van der Waals surface area contributed by atoms with Crippen LogP contribution in [-0.2, 0) is 14.3 Å². The number of likely N-dealkylation sites (tertiary alicyclic amines) is 1. The number of nitrogens with one attached hydrogen (secondary N) is 2. The largest absolute Gasteiger partial charge is 0.436 e. The molecule has 196 valence electrons. The number of benzene rings is 1. The lowest BCUT2D eigenvalue weighted by molar-refractivity contribution is -0.135. The van der Waals surface area contributed by atoms with Crippen molar-refractivity contribution in [2.24, 2.45) is 5.92 Å². The zero-order valence-corrected chi connectivity index (χ0v) is 21.0. The van der Waals surface area contributed by atoms with Gasteiger partial charge in [-0.2, -0.15) is 0 Å². The first-order chi connectivity index (χ1) is 17.8. The second kappa shape index (κ2) is 9.64. The van der Waals surface area contributed by atoms with E-state index in [0.717, 1.165) is 24.8 Å². The van der Waals surface area contributed by atoms with Crippen LogP contribution in [0.25, 0.3) is 0 Å². The summed E-state index contributed by atoms with van der Waals surface area (Å²) < 4.78 is 19.3. The monoisotopic (exact) mass is 510 g/mol. The van der Waals surface area contributed by atoms with Gasteiger partial charge in [0.15, 0.2) is 11.4 Å². The lowest BCUT2D eigenvalue weighted by Crippen LogP contribution is -2.45. The Morgan fingerprint density at radius 1 is 1.14 bits per heavy atom. The number of fused-ring (bicyclic) bond motifs is 2. The zero-order valence-electron chi connectivity index (χ0n) is 21.0. The molecule has 2 aliphatic heterocycles. The Balaban J connectivity index is 1.32. The highest BCUT2D eigenvalue weighted by atomic mass is 19.1. The summed E-state index contributed by atoms with van der Waals surface area (Å²) in [5.74, 6) is -1.19. The molecule has 1 aromatic carbocycles. The normalized spacial score (nSPS) is 28.7. The molecule has 4 aliphatic rings. The van der Waals surface area contributed by atoms with Crippen LogP contribution in [0.5, 0.6) is 0 Å². The maximum atomic E-state index is 13.6. The van der Waals surface area contributed by atoms with E-state index in [9.17, 15) is 23.6 Å². The van der Waals surface area contributed by atoms with Crippen LogP contribution < -0.4 is 10.6 Å². The number of carbonyl (C=O) groups excluding carboxylic acids is 4. The molecule has 0 radical (unpaired) electrons. The van der Waals surface area contributed by atoms with E-state index in [0.29, 0.717) is 18.4 Å². The molecule has 9 nitrogen and oxygen atoms in total. The standard InChI is InChI=1S/C27H31FN4O5/c1-3-18-8-11-22(16-4-6-17(28)7-5-16)32(18)23(33)14-31-15-27(37-26(31)36)13-12-19-20(27)9-10-21(24(19)34)30-25(35)29-2/h4-7,9-10,18-19,22H,3,8,11-15H2,1-2H3,(H2,29,30,35)/t18-,19?,22-,27-/m0/s1. The Hall–Kier alpha value is -3.69. The first kappa shape index (κ1) is 25.0. The number of carbonyl (C=O) groups is 4. The molecule has 3 fully saturated rings. The number of rotatable bonds is 5. The van der Waals surface area contributed by atoms with Gasteiger partial charge in [0.2, 0.25) is 5.91 Å². The zero-order chi connectivity index (χ0) is 26.3. The van der Waals surface area contributed by atoms with E-state index in [1.807, 2.05) is 11.8 Å². The second-order valence-electron chi connectivity index (χ2n) is 10.1. The fourth-order valence-electron chi connectivity index (χ4n) is 6.22. The molecule has 10 heteroatoms. The van der Waals surface area contributed by atoms with E-state index < -0.39 is 23.6 Å².